The van der Waals surface area contributed by atoms with Crippen LogP contribution >= 0.6 is 11.3 Å². The van der Waals surface area contributed by atoms with Crippen molar-refractivity contribution in [1.82, 2.24) is 14.7 Å². The van der Waals surface area contributed by atoms with Gasteiger partial charge in [0.25, 0.3) is 5.91 Å². The third kappa shape index (κ3) is 3.97. The van der Waals surface area contributed by atoms with Crippen LogP contribution in [-0.2, 0) is 16.6 Å². The van der Waals surface area contributed by atoms with Gasteiger partial charge in [-0.05, 0) is 55.5 Å². The minimum absolute atomic E-state index is 0.0497. The number of nitrogens with one attached hydrogen (secondary N) is 1. The molecule has 2 aromatic carbocycles. The van der Waals surface area contributed by atoms with Crippen molar-refractivity contribution in [3.63, 3.8) is 0 Å². The molecule has 0 aliphatic carbocycles. The summed E-state index contributed by atoms with van der Waals surface area (Å²) in [6.07, 6.45) is 1.88. The number of aryl methyl sites for hydroxylation is 1. The second-order valence-corrected chi connectivity index (χ2v) is 9.27. The number of aromatic nitrogens is 2. The first-order valence-electron chi connectivity index (χ1n) is 8.87. The Morgan fingerprint density at radius 3 is 2.43 bits per heavy atom. The molecule has 0 saturated heterocycles. The van der Waals surface area contributed by atoms with Crippen LogP contribution in [0.5, 0.6) is 0 Å². The highest BCUT2D eigenvalue weighted by atomic mass is 32.2. The van der Waals surface area contributed by atoms with E-state index in [2.05, 4.69) is 10.3 Å². The molecule has 30 heavy (non-hydrogen) atoms. The highest BCUT2D eigenvalue weighted by Gasteiger charge is 2.15. The molecule has 0 radical (unpaired) electrons. The molecule has 1 amide bonds. The Labute approximate surface area is 176 Å². The predicted octanol–water partition coefficient (Wildman–Crippen LogP) is 3.09. The molecular weight excluding hydrogens is 427 g/mol. The molecule has 3 N–H and O–H groups in total. The van der Waals surface area contributed by atoms with Crippen molar-refractivity contribution >= 4 is 32.2 Å². The Hall–Kier alpha value is -3.08. The van der Waals surface area contributed by atoms with Gasteiger partial charge < -0.3 is 5.32 Å². The maximum atomic E-state index is 13.1. The number of hydrogen-bond acceptors (Lipinski definition) is 5. The molecule has 0 fully saturated rings. The van der Waals surface area contributed by atoms with Crippen molar-refractivity contribution in [2.24, 2.45) is 5.14 Å². The molecule has 10 heteroatoms. The van der Waals surface area contributed by atoms with Crippen LogP contribution in [0.15, 0.2) is 59.6 Å². The van der Waals surface area contributed by atoms with E-state index in [1.807, 2.05) is 17.5 Å². The van der Waals surface area contributed by atoms with Gasteiger partial charge in [0.2, 0.25) is 10.0 Å². The molecule has 2 aromatic heterocycles. The van der Waals surface area contributed by atoms with Crippen LogP contribution < -0.4 is 10.5 Å². The van der Waals surface area contributed by atoms with E-state index in [1.165, 1.54) is 47.7 Å². The number of primary sulfonamides is 1. The third-order valence-electron chi connectivity index (χ3n) is 4.65. The summed E-state index contributed by atoms with van der Waals surface area (Å²) in [6, 6.07) is 11.6. The van der Waals surface area contributed by atoms with E-state index < -0.39 is 10.0 Å². The van der Waals surface area contributed by atoms with E-state index in [1.54, 1.807) is 12.1 Å². The van der Waals surface area contributed by atoms with E-state index in [0.29, 0.717) is 12.1 Å². The summed E-state index contributed by atoms with van der Waals surface area (Å²) in [5, 5.41) is 7.89. The van der Waals surface area contributed by atoms with Crippen molar-refractivity contribution in [1.29, 1.82) is 0 Å². The Balaban J connectivity index is 1.49. The molecule has 0 bridgehead atoms. The van der Waals surface area contributed by atoms with Crippen molar-refractivity contribution < 1.29 is 17.6 Å². The summed E-state index contributed by atoms with van der Waals surface area (Å²) in [7, 11) is -3.80. The summed E-state index contributed by atoms with van der Waals surface area (Å²) in [5.74, 6) is -0.623. The fraction of sp³-hybridized carbons (Fsp3) is 0.100. The van der Waals surface area contributed by atoms with Gasteiger partial charge >= 0.3 is 0 Å². The standard InChI is InChI=1S/C20H17FN4O3S2/c1-12-18(10-23-19(26)14-4-8-16(9-5-14)30(22,27)28)29-20-24-17(11-25(12)20)13-2-6-15(21)7-3-13/h2-9,11H,10H2,1H3,(H,23,26)(H2,22,27,28). The van der Waals surface area contributed by atoms with Crippen LogP contribution in [0.3, 0.4) is 0 Å². The van der Waals surface area contributed by atoms with Gasteiger partial charge in [-0.1, -0.05) is 11.3 Å². The lowest BCUT2D eigenvalue weighted by Gasteiger charge is -2.05. The van der Waals surface area contributed by atoms with Crippen LogP contribution in [-0.4, -0.2) is 23.7 Å². The minimum atomic E-state index is -3.80. The summed E-state index contributed by atoms with van der Waals surface area (Å²) >= 11 is 1.45. The summed E-state index contributed by atoms with van der Waals surface area (Å²) in [6.45, 7) is 2.24. The first kappa shape index (κ1) is 20.2. The maximum absolute atomic E-state index is 13.1. The summed E-state index contributed by atoms with van der Waals surface area (Å²) < 4.78 is 37.7. The van der Waals surface area contributed by atoms with Crippen molar-refractivity contribution in [2.45, 2.75) is 18.4 Å². The number of nitrogens with zero attached hydrogens (tertiary/aromatic N) is 2. The molecule has 0 spiro atoms. The van der Waals surface area contributed by atoms with Gasteiger partial charge in [-0.25, -0.2) is 22.9 Å². The van der Waals surface area contributed by atoms with Gasteiger partial charge in [-0.2, -0.15) is 0 Å². The number of carbonyl (C=O) groups excluding carboxylic acids is 1. The third-order valence-corrected chi connectivity index (χ3v) is 6.73. The van der Waals surface area contributed by atoms with E-state index in [0.717, 1.165) is 26.8 Å². The molecule has 154 valence electrons. The minimum Gasteiger partial charge on any atom is -0.347 e. The van der Waals surface area contributed by atoms with Gasteiger partial charge in [-0.15, -0.1) is 0 Å². The van der Waals surface area contributed by atoms with E-state index >= 15 is 0 Å². The van der Waals surface area contributed by atoms with Gasteiger partial charge in [-0.3, -0.25) is 9.20 Å². The zero-order chi connectivity index (χ0) is 21.5. The quantitative estimate of drug-likeness (QED) is 0.493. The van der Waals surface area contributed by atoms with Crippen LogP contribution in [0.4, 0.5) is 4.39 Å². The molecule has 4 aromatic rings. The van der Waals surface area contributed by atoms with E-state index in [9.17, 15) is 17.6 Å². The number of nitrogens with two attached hydrogens (primary N) is 1. The van der Waals surface area contributed by atoms with Gasteiger partial charge in [0.1, 0.15) is 5.82 Å². The topological polar surface area (TPSA) is 107 Å². The molecule has 0 unspecified atom stereocenters. The fourth-order valence-electron chi connectivity index (χ4n) is 2.98. The highest BCUT2D eigenvalue weighted by Crippen LogP contribution is 2.27. The van der Waals surface area contributed by atoms with Crippen LogP contribution in [0, 0.1) is 12.7 Å². The van der Waals surface area contributed by atoms with Crippen LogP contribution in [0.25, 0.3) is 16.2 Å². The molecule has 0 aliphatic rings. The number of imidazole rings is 1. The van der Waals surface area contributed by atoms with Crippen molar-refractivity contribution in [3.05, 3.63) is 76.7 Å². The van der Waals surface area contributed by atoms with E-state index in [-0.39, 0.29) is 16.6 Å². The second-order valence-electron chi connectivity index (χ2n) is 6.65. The number of sulfonamides is 1. The number of fused-ring (bicyclic) bond motifs is 1. The SMILES string of the molecule is Cc1c(CNC(=O)c2ccc(S(N)(=O)=O)cc2)sc2nc(-c3ccc(F)cc3)cn12. The lowest BCUT2D eigenvalue weighted by molar-refractivity contribution is 0.0951. The lowest BCUT2D eigenvalue weighted by atomic mass is 10.2. The first-order chi connectivity index (χ1) is 14.2. The van der Waals surface area contributed by atoms with Crippen LogP contribution in [0.2, 0.25) is 0 Å². The smallest absolute Gasteiger partial charge is 0.251 e. The molecule has 2 heterocycles. The van der Waals surface area contributed by atoms with Crippen molar-refractivity contribution in [3.8, 4) is 11.3 Å². The Morgan fingerprint density at radius 2 is 1.83 bits per heavy atom. The predicted molar refractivity (Wildman–Crippen MR) is 112 cm³/mol. The zero-order valence-corrected chi connectivity index (χ0v) is 17.4. The Bertz CT molecular complexity index is 1340. The largest absolute Gasteiger partial charge is 0.347 e. The molecule has 7 nitrogen and oxygen atoms in total. The van der Waals surface area contributed by atoms with Crippen LogP contribution in [0.1, 0.15) is 20.9 Å². The number of hydrogen-bond donors (Lipinski definition) is 2. The monoisotopic (exact) mass is 444 g/mol. The lowest BCUT2D eigenvalue weighted by Crippen LogP contribution is -2.23. The normalized spacial score (nSPS) is 11.7. The number of benzene rings is 2. The molecular formula is C20H17FN4O3S2. The molecule has 0 saturated carbocycles. The number of halogens is 1. The summed E-state index contributed by atoms with van der Waals surface area (Å²) in [4.78, 5) is 18.6. The fourth-order valence-corrected chi connectivity index (χ4v) is 4.53. The number of amides is 1. The average molecular weight is 445 g/mol. The van der Waals surface area contributed by atoms with Gasteiger partial charge in [0, 0.05) is 27.9 Å². The number of carbonyl (C=O) groups is 1. The highest BCUT2D eigenvalue weighted by molar-refractivity contribution is 7.89. The second kappa shape index (κ2) is 7.63. The average Bonchev–Trinajstić information content (AvgIpc) is 3.25. The van der Waals surface area contributed by atoms with E-state index in [4.69, 9.17) is 5.14 Å². The number of rotatable bonds is 5. The summed E-state index contributed by atoms with van der Waals surface area (Å²) in [5.41, 5.74) is 2.85. The zero-order valence-electron chi connectivity index (χ0n) is 15.8. The molecule has 0 aliphatic heterocycles. The van der Waals surface area contributed by atoms with Gasteiger partial charge in [0.05, 0.1) is 17.1 Å². The van der Waals surface area contributed by atoms with Crippen molar-refractivity contribution in [2.75, 3.05) is 0 Å². The Morgan fingerprint density at radius 1 is 1.17 bits per heavy atom. The Kier molecular flexibility index (Phi) is 5.14. The first-order valence-corrected chi connectivity index (χ1v) is 11.2. The molecule has 0 atom stereocenters. The van der Waals surface area contributed by atoms with Gasteiger partial charge in [0.15, 0.2) is 4.96 Å². The maximum Gasteiger partial charge on any atom is 0.251 e. The molecule has 4 rings (SSSR count). The number of thiazole rings is 1.